The van der Waals surface area contributed by atoms with Gasteiger partial charge in [0.2, 0.25) is 0 Å². The number of halogens is 1. The maximum absolute atomic E-state index is 13.5. The molecule has 2 aromatic heterocycles. The Bertz CT molecular complexity index is 1370. The van der Waals surface area contributed by atoms with Gasteiger partial charge in [0.1, 0.15) is 11.5 Å². The summed E-state index contributed by atoms with van der Waals surface area (Å²) in [5.41, 5.74) is 3.15. The lowest BCUT2D eigenvalue weighted by Crippen LogP contribution is -2.11. The summed E-state index contributed by atoms with van der Waals surface area (Å²) in [6.45, 7) is 2.04. The van der Waals surface area contributed by atoms with E-state index in [0.29, 0.717) is 35.4 Å². The molecular formula is C28H26FN3O4. The molecule has 7 nitrogen and oxygen atoms in total. The summed E-state index contributed by atoms with van der Waals surface area (Å²) in [6, 6.07) is 16.3. The van der Waals surface area contributed by atoms with Gasteiger partial charge < -0.3 is 19.0 Å². The van der Waals surface area contributed by atoms with Crippen molar-refractivity contribution in [2.24, 2.45) is 0 Å². The standard InChI is InChI=1S/C28H26FN3O4/c1-2-35-28(34)19-9-13-21(14-10-19)31-27(33)24-16-15-23(36-24)26-25(18-7-11-20(29)12-8-18)30-17-32(26)22-5-3-4-6-22/h7-17,22H,2-6H2,1H3,(H,31,33). The molecule has 0 bridgehead atoms. The molecule has 36 heavy (non-hydrogen) atoms. The minimum Gasteiger partial charge on any atom is -0.462 e. The maximum atomic E-state index is 13.5. The van der Waals surface area contributed by atoms with Gasteiger partial charge in [0.05, 0.1) is 24.2 Å². The molecule has 1 N–H and O–H groups in total. The van der Waals surface area contributed by atoms with Crippen molar-refractivity contribution in [3.8, 4) is 22.7 Å². The lowest BCUT2D eigenvalue weighted by Gasteiger charge is -2.15. The molecule has 1 amide bonds. The van der Waals surface area contributed by atoms with Crippen LogP contribution in [0.15, 0.2) is 71.4 Å². The van der Waals surface area contributed by atoms with Crippen molar-refractivity contribution < 1.29 is 23.1 Å². The van der Waals surface area contributed by atoms with Gasteiger partial charge in [-0.2, -0.15) is 0 Å². The maximum Gasteiger partial charge on any atom is 0.338 e. The molecule has 0 spiro atoms. The molecule has 1 fully saturated rings. The van der Waals surface area contributed by atoms with Crippen molar-refractivity contribution >= 4 is 17.6 Å². The van der Waals surface area contributed by atoms with Gasteiger partial charge in [-0.3, -0.25) is 4.79 Å². The number of aromatic nitrogens is 2. The fourth-order valence-corrected chi connectivity index (χ4v) is 4.57. The Morgan fingerprint density at radius 3 is 2.47 bits per heavy atom. The van der Waals surface area contributed by atoms with E-state index < -0.39 is 11.9 Å². The van der Waals surface area contributed by atoms with E-state index in [1.165, 1.54) is 12.1 Å². The van der Waals surface area contributed by atoms with Crippen LogP contribution in [0.1, 0.15) is 59.6 Å². The number of imidazole rings is 1. The Balaban J connectivity index is 1.41. The monoisotopic (exact) mass is 487 g/mol. The first-order chi connectivity index (χ1) is 17.5. The van der Waals surface area contributed by atoms with E-state index >= 15 is 0 Å². The summed E-state index contributed by atoms with van der Waals surface area (Å²) in [4.78, 5) is 29.4. The van der Waals surface area contributed by atoms with Crippen molar-refractivity contribution in [1.82, 2.24) is 9.55 Å². The Kier molecular flexibility index (Phi) is 6.66. The lowest BCUT2D eigenvalue weighted by atomic mass is 10.1. The number of hydrogen-bond acceptors (Lipinski definition) is 5. The van der Waals surface area contributed by atoms with Crippen molar-refractivity contribution in [2.45, 2.75) is 38.6 Å². The molecule has 0 aliphatic heterocycles. The van der Waals surface area contributed by atoms with Gasteiger partial charge in [0.25, 0.3) is 5.91 Å². The Labute approximate surface area is 207 Å². The summed E-state index contributed by atoms with van der Waals surface area (Å²) < 4.78 is 26.6. The Hall–Kier alpha value is -4.20. The van der Waals surface area contributed by atoms with Crippen LogP contribution in [0.3, 0.4) is 0 Å². The van der Waals surface area contributed by atoms with Crippen LogP contribution >= 0.6 is 0 Å². The number of benzene rings is 2. The summed E-state index contributed by atoms with van der Waals surface area (Å²) in [7, 11) is 0. The molecule has 1 aliphatic carbocycles. The van der Waals surface area contributed by atoms with Gasteiger partial charge in [-0.05, 0) is 80.4 Å². The topological polar surface area (TPSA) is 86.4 Å². The molecule has 1 aliphatic rings. The molecule has 0 radical (unpaired) electrons. The van der Waals surface area contributed by atoms with Crippen LogP contribution in [0.4, 0.5) is 10.1 Å². The number of ether oxygens (including phenoxy) is 1. The predicted octanol–water partition coefficient (Wildman–Crippen LogP) is 6.49. The number of carbonyl (C=O) groups is 2. The normalized spacial score (nSPS) is 13.6. The van der Waals surface area contributed by atoms with Gasteiger partial charge in [0.15, 0.2) is 11.5 Å². The fraction of sp³-hybridized carbons (Fsp3) is 0.250. The molecule has 8 heteroatoms. The number of nitrogens with one attached hydrogen (secondary N) is 1. The van der Waals surface area contributed by atoms with Gasteiger partial charge in [-0.1, -0.05) is 12.8 Å². The molecule has 184 valence electrons. The van der Waals surface area contributed by atoms with Gasteiger partial charge in [0, 0.05) is 17.3 Å². The highest BCUT2D eigenvalue weighted by Gasteiger charge is 2.26. The second kappa shape index (κ2) is 10.2. The highest BCUT2D eigenvalue weighted by Crippen LogP contribution is 2.39. The van der Waals surface area contributed by atoms with Crippen molar-refractivity contribution in [2.75, 3.05) is 11.9 Å². The van der Waals surface area contributed by atoms with E-state index in [2.05, 4.69) is 14.9 Å². The van der Waals surface area contributed by atoms with Gasteiger partial charge >= 0.3 is 5.97 Å². The van der Waals surface area contributed by atoms with Crippen LogP contribution in [0.25, 0.3) is 22.7 Å². The van der Waals surface area contributed by atoms with Crippen LogP contribution in [0.5, 0.6) is 0 Å². The first-order valence-corrected chi connectivity index (χ1v) is 12.0. The second-order valence-corrected chi connectivity index (χ2v) is 8.71. The number of amides is 1. The van der Waals surface area contributed by atoms with Crippen molar-refractivity contribution in [1.29, 1.82) is 0 Å². The number of anilines is 1. The second-order valence-electron chi connectivity index (χ2n) is 8.71. The Morgan fingerprint density at radius 2 is 1.78 bits per heavy atom. The average molecular weight is 488 g/mol. The van der Waals surface area contributed by atoms with Crippen LogP contribution in [0, 0.1) is 5.82 Å². The fourth-order valence-electron chi connectivity index (χ4n) is 4.57. The number of rotatable bonds is 7. The minimum absolute atomic E-state index is 0.142. The van der Waals surface area contributed by atoms with Crippen LogP contribution in [-0.2, 0) is 4.74 Å². The van der Waals surface area contributed by atoms with Crippen LogP contribution in [-0.4, -0.2) is 28.0 Å². The third-order valence-electron chi connectivity index (χ3n) is 6.35. The number of hydrogen-bond donors (Lipinski definition) is 1. The smallest absolute Gasteiger partial charge is 0.338 e. The summed E-state index contributed by atoms with van der Waals surface area (Å²) in [6.07, 6.45) is 6.19. The number of nitrogens with zero attached hydrogens (tertiary/aromatic N) is 2. The molecular weight excluding hydrogens is 461 g/mol. The highest BCUT2D eigenvalue weighted by atomic mass is 19.1. The number of furan rings is 1. The van der Waals surface area contributed by atoms with E-state index in [-0.39, 0.29) is 11.6 Å². The summed E-state index contributed by atoms with van der Waals surface area (Å²) >= 11 is 0. The third kappa shape index (κ3) is 4.79. The van der Waals surface area contributed by atoms with Crippen LogP contribution in [0.2, 0.25) is 0 Å². The molecule has 4 aromatic rings. The van der Waals surface area contributed by atoms with Crippen molar-refractivity contribution in [3.63, 3.8) is 0 Å². The zero-order valence-corrected chi connectivity index (χ0v) is 19.9. The molecule has 0 unspecified atom stereocenters. The first-order valence-electron chi connectivity index (χ1n) is 12.0. The lowest BCUT2D eigenvalue weighted by molar-refractivity contribution is 0.0526. The van der Waals surface area contributed by atoms with E-state index in [0.717, 1.165) is 36.9 Å². The predicted molar refractivity (Wildman–Crippen MR) is 133 cm³/mol. The highest BCUT2D eigenvalue weighted by molar-refractivity contribution is 6.03. The van der Waals surface area contributed by atoms with E-state index in [1.54, 1.807) is 61.8 Å². The summed E-state index contributed by atoms with van der Waals surface area (Å²) in [5.74, 6) is -0.490. The average Bonchev–Trinajstić information content (AvgIpc) is 3.65. The van der Waals surface area contributed by atoms with Crippen molar-refractivity contribution in [3.05, 3.63) is 84.1 Å². The first kappa shape index (κ1) is 23.5. The molecule has 5 rings (SSSR count). The van der Waals surface area contributed by atoms with Gasteiger partial charge in [-0.25, -0.2) is 14.2 Å². The number of carbonyl (C=O) groups excluding carboxylic acids is 2. The van der Waals surface area contributed by atoms with E-state index in [1.807, 2.05) is 0 Å². The number of esters is 1. The molecule has 2 heterocycles. The molecule has 0 atom stereocenters. The van der Waals surface area contributed by atoms with E-state index in [4.69, 9.17) is 9.15 Å². The molecule has 2 aromatic carbocycles. The van der Waals surface area contributed by atoms with Crippen LogP contribution < -0.4 is 5.32 Å². The Morgan fingerprint density at radius 1 is 1.06 bits per heavy atom. The minimum atomic E-state index is -0.416. The largest absolute Gasteiger partial charge is 0.462 e. The zero-order valence-electron chi connectivity index (χ0n) is 19.9. The SMILES string of the molecule is CCOC(=O)c1ccc(NC(=O)c2ccc(-c3c(-c4ccc(F)cc4)ncn3C3CCCC3)o2)cc1. The zero-order chi connectivity index (χ0) is 25.1. The quantitative estimate of drug-likeness (QED) is 0.301. The third-order valence-corrected chi connectivity index (χ3v) is 6.35. The summed E-state index contributed by atoms with van der Waals surface area (Å²) in [5, 5.41) is 2.79. The van der Waals surface area contributed by atoms with E-state index in [9.17, 15) is 14.0 Å². The molecule has 0 saturated heterocycles. The molecule has 1 saturated carbocycles. The van der Waals surface area contributed by atoms with Gasteiger partial charge in [-0.15, -0.1) is 0 Å².